The van der Waals surface area contributed by atoms with Crippen LogP contribution in [0.5, 0.6) is 11.5 Å². The Balaban J connectivity index is 1.72. The Morgan fingerprint density at radius 1 is 1.20 bits per heavy atom. The minimum absolute atomic E-state index is 0.190. The molecule has 9 heteroatoms. The average molecular weight is 486 g/mol. The van der Waals surface area contributed by atoms with E-state index >= 15 is 0 Å². The van der Waals surface area contributed by atoms with Gasteiger partial charge in [0.05, 0.1) is 5.69 Å². The number of halogens is 1. The molecule has 1 heterocycles. The van der Waals surface area contributed by atoms with Crippen LogP contribution in [0.25, 0.3) is 0 Å². The molecule has 1 aliphatic rings. The van der Waals surface area contributed by atoms with E-state index in [0.29, 0.717) is 41.4 Å². The number of aryl methyl sites for hydroxylation is 1. The number of amides is 2. The number of fused-ring (bicyclic) bond motifs is 1. The van der Waals surface area contributed by atoms with Crippen molar-refractivity contribution in [1.82, 2.24) is 10.2 Å². The van der Waals surface area contributed by atoms with Gasteiger partial charge < -0.3 is 19.7 Å². The second-order valence-electron chi connectivity index (χ2n) is 8.35. The molecule has 1 atom stereocenters. The number of benzene rings is 2. The molecule has 35 heavy (non-hydrogen) atoms. The predicted molar refractivity (Wildman–Crippen MR) is 131 cm³/mol. The molecule has 0 unspecified atom stereocenters. The Morgan fingerprint density at radius 2 is 1.94 bits per heavy atom. The number of hydrogen-bond donors (Lipinski definition) is 1. The van der Waals surface area contributed by atoms with Crippen LogP contribution in [0.3, 0.4) is 0 Å². The molecule has 0 saturated carbocycles. The zero-order chi connectivity index (χ0) is 25.5. The number of ether oxygens (including phenoxy) is 2. The van der Waals surface area contributed by atoms with Crippen molar-refractivity contribution in [3.63, 3.8) is 0 Å². The fraction of sp³-hybridized carbons (Fsp3) is 0.423. The van der Waals surface area contributed by atoms with Crippen LogP contribution in [0.4, 0.5) is 10.1 Å². The topological polar surface area (TPSA) is 88.2 Å². The first-order valence-corrected chi connectivity index (χ1v) is 11.8. The molecule has 2 aromatic carbocycles. The Kier molecular flexibility index (Phi) is 8.81. The number of carbonyl (C=O) groups is 3. The molecule has 0 fully saturated rings. The number of nitrogens with one attached hydrogen (secondary N) is 1. The normalized spacial score (nSPS) is 13.8. The number of nitrogens with zero attached hydrogens (tertiary/aromatic N) is 2. The average Bonchev–Trinajstić information content (AvgIpc) is 2.85. The minimum atomic E-state index is -0.787. The van der Waals surface area contributed by atoms with Crippen molar-refractivity contribution in [2.24, 2.45) is 0 Å². The number of likely N-dealkylation sites (N-methyl/N-ethyl adjacent to an activating group) is 1. The lowest BCUT2D eigenvalue weighted by Gasteiger charge is -2.33. The minimum Gasteiger partial charge on any atom is -0.485 e. The number of hydrogen-bond acceptors (Lipinski definition) is 6. The molecule has 3 rings (SSSR count). The molecule has 188 valence electrons. The van der Waals surface area contributed by atoms with E-state index in [-0.39, 0.29) is 36.6 Å². The molecule has 2 aromatic rings. The van der Waals surface area contributed by atoms with Crippen LogP contribution < -0.4 is 19.7 Å². The fourth-order valence-electron chi connectivity index (χ4n) is 3.91. The van der Waals surface area contributed by atoms with Crippen molar-refractivity contribution in [1.29, 1.82) is 0 Å². The molecule has 0 saturated heterocycles. The maximum Gasteiger partial charge on any atom is 0.265 e. The van der Waals surface area contributed by atoms with E-state index in [4.69, 9.17) is 9.47 Å². The standard InChI is InChI=1S/C26H32FN3O5/c1-5-29(6-2)12-11-28-26(33)18(4)30-21-14-19(7-9-24(21)35-16-25(30)32)22(31)15-34-23-10-8-20(27)13-17(23)3/h7-10,13-14,18H,5-6,11-12,15-16H2,1-4H3,(H,28,33)/t18-/m0/s1. The van der Waals surface area contributed by atoms with E-state index in [2.05, 4.69) is 24.1 Å². The third-order valence-corrected chi connectivity index (χ3v) is 6.04. The monoisotopic (exact) mass is 485 g/mol. The van der Waals surface area contributed by atoms with Crippen LogP contribution in [0, 0.1) is 12.7 Å². The lowest BCUT2D eigenvalue weighted by atomic mass is 10.1. The number of ketones is 1. The Labute approximate surface area is 205 Å². The van der Waals surface area contributed by atoms with Gasteiger partial charge in [-0.2, -0.15) is 0 Å². The van der Waals surface area contributed by atoms with Gasteiger partial charge in [0.15, 0.2) is 19.0 Å². The number of anilines is 1. The summed E-state index contributed by atoms with van der Waals surface area (Å²) < 4.78 is 24.4. The van der Waals surface area contributed by atoms with E-state index in [9.17, 15) is 18.8 Å². The fourth-order valence-corrected chi connectivity index (χ4v) is 3.91. The second-order valence-corrected chi connectivity index (χ2v) is 8.35. The zero-order valence-corrected chi connectivity index (χ0v) is 20.6. The summed E-state index contributed by atoms with van der Waals surface area (Å²) >= 11 is 0. The third-order valence-electron chi connectivity index (χ3n) is 6.04. The SMILES string of the molecule is CCN(CC)CCNC(=O)[C@H](C)N1C(=O)COc2ccc(C(=O)COc3ccc(F)cc3C)cc21. The van der Waals surface area contributed by atoms with E-state index < -0.39 is 6.04 Å². The van der Waals surface area contributed by atoms with Gasteiger partial charge in [0.25, 0.3) is 5.91 Å². The second kappa shape index (κ2) is 11.8. The van der Waals surface area contributed by atoms with Gasteiger partial charge in [0.2, 0.25) is 5.91 Å². The van der Waals surface area contributed by atoms with Crippen molar-refractivity contribution >= 4 is 23.3 Å². The number of rotatable bonds is 11. The molecule has 0 aromatic heterocycles. The summed E-state index contributed by atoms with van der Waals surface area (Å²) in [7, 11) is 0. The summed E-state index contributed by atoms with van der Waals surface area (Å²) in [4.78, 5) is 41.9. The maximum atomic E-state index is 13.3. The van der Waals surface area contributed by atoms with Crippen molar-refractivity contribution in [2.75, 3.05) is 44.3 Å². The van der Waals surface area contributed by atoms with Gasteiger partial charge in [-0.05, 0) is 68.9 Å². The van der Waals surface area contributed by atoms with Crippen LogP contribution in [0.15, 0.2) is 36.4 Å². The highest BCUT2D eigenvalue weighted by atomic mass is 19.1. The number of carbonyl (C=O) groups excluding carboxylic acids is 3. The molecule has 2 amide bonds. The molecular formula is C26H32FN3O5. The molecule has 1 aliphatic heterocycles. The van der Waals surface area contributed by atoms with Gasteiger partial charge in [-0.3, -0.25) is 19.3 Å². The molecule has 1 N–H and O–H groups in total. The van der Waals surface area contributed by atoms with Gasteiger partial charge >= 0.3 is 0 Å². The van der Waals surface area contributed by atoms with Crippen molar-refractivity contribution < 1.29 is 28.2 Å². The Hall–Kier alpha value is -3.46. The van der Waals surface area contributed by atoms with Gasteiger partial charge in [-0.1, -0.05) is 13.8 Å². The highest BCUT2D eigenvalue weighted by molar-refractivity contribution is 6.05. The largest absolute Gasteiger partial charge is 0.485 e. The lowest BCUT2D eigenvalue weighted by molar-refractivity contribution is -0.127. The smallest absolute Gasteiger partial charge is 0.265 e. The summed E-state index contributed by atoms with van der Waals surface area (Å²) in [6.45, 7) is 9.96. The summed E-state index contributed by atoms with van der Waals surface area (Å²) in [5.41, 5.74) is 1.24. The summed E-state index contributed by atoms with van der Waals surface area (Å²) in [6, 6.07) is 8.01. The Bertz CT molecular complexity index is 1090. The van der Waals surface area contributed by atoms with Crippen LogP contribution in [-0.2, 0) is 9.59 Å². The van der Waals surface area contributed by atoms with Crippen LogP contribution in [-0.4, -0.2) is 67.9 Å². The van der Waals surface area contributed by atoms with E-state index in [1.165, 1.54) is 29.2 Å². The summed E-state index contributed by atoms with van der Waals surface area (Å²) in [6.07, 6.45) is 0. The van der Waals surface area contributed by atoms with E-state index in [1.54, 1.807) is 26.0 Å². The summed E-state index contributed by atoms with van der Waals surface area (Å²) in [5.74, 6) is -0.540. The first kappa shape index (κ1) is 26.2. The van der Waals surface area contributed by atoms with Crippen LogP contribution >= 0.6 is 0 Å². The van der Waals surface area contributed by atoms with Gasteiger partial charge in [0, 0.05) is 18.7 Å². The van der Waals surface area contributed by atoms with E-state index in [0.717, 1.165) is 13.1 Å². The van der Waals surface area contributed by atoms with Crippen molar-refractivity contribution in [2.45, 2.75) is 33.7 Å². The van der Waals surface area contributed by atoms with Crippen LogP contribution in [0.2, 0.25) is 0 Å². The quantitative estimate of drug-likeness (QED) is 0.493. The molecule has 8 nitrogen and oxygen atoms in total. The summed E-state index contributed by atoms with van der Waals surface area (Å²) in [5, 5.41) is 2.89. The number of Topliss-reactive ketones (excluding diaryl/α,β-unsaturated/α-hetero) is 1. The van der Waals surface area contributed by atoms with Crippen molar-refractivity contribution in [3.8, 4) is 11.5 Å². The lowest BCUT2D eigenvalue weighted by Crippen LogP contribution is -2.52. The van der Waals surface area contributed by atoms with Gasteiger partial charge in [-0.15, -0.1) is 0 Å². The molecule has 0 aliphatic carbocycles. The predicted octanol–water partition coefficient (Wildman–Crippen LogP) is 2.97. The highest BCUT2D eigenvalue weighted by Crippen LogP contribution is 2.34. The molecular weight excluding hydrogens is 453 g/mol. The zero-order valence-electron chi connectivity index (χ0n) is 20.6. The van der Waals surface area contributed by atoms with Gasteiger partial charge in [-0.25, -0.2) is 4.39 Å². The first-order chi connectivity index (χ1) is 16.7. The van der Waals surface area contributed by atoms with Crippen molar-refractivity contribution in [3.05, 3.63) is 53.3 Å². The molecule has 0 radical (unpaired) electrons. The van der Waals surface area contributed by atoms with Crippen LogP contribution in [0.1, 0.15) is 36.7 Å². The Morgan fingerprint density at radius 3 is 2.63 bits per heavy atom. The van der Waals surface area contributed by atoms with E-state index in [1.807, 2.05) is 0 Å². The maximum absolute atomic E-state index is 13.3. The third kappa shape index (κ3) is 6.36. The molecule has 0 spiro atoms. The first-order valence-electron chi connectivity index (χ1n) is 11.8. The highest BCUT2D eigenvalue weighted by Gasteiger charge is 2.33. The van der Waals surface area contributed by atoms with Gasteiger partial charge in [0.1, 0.15) is 23.4 Å². The molecule has 0 bridgehead atoms.